The number of nitro groups is 1. The first-order valence-corrected chi connectivity index (χ1v) is 5.82. The van der Waals surface area contributed by atoms with E-state index in [0.29, 0.717) is 19.4 Å². The normalized spacial score (nSPS) is 9.42. The van der Waals surface area contributed by atoms with Gasteiger partial charge in [0.15, 0.2) is 0 Å². The molecule has 0 aliphatic heterocycles. The summed E-state index contributed by atoms with van der Waals surface area (Å²) in [7, 11) is 0. The lowest BCUT2D eigenvalue weighted by atomic mass is 10.2. The van der Waals surface area contributed by atoms with Gasteiger partial charge in [-0.1, -0.05) is 5.92 Å². The molecule has 0 spiro atoms. The van der Waals surface area contributed by atoms with Gasteiger partial charge in [0.1, 0.15) is 0 Å². The van der Waals surface area contributed by atoms with E-state index in [0.717, 1.165) is 5.69 Å². The lowest BCUT2D eigenvalue weighted by Gasteiger charge is -2.06. The molecule has 0 bridgehead atoms. The molecular formula is C13H15N3O3. The van der Waals surface area contributed by atoms with Gasteiger partial charge in [-0.2, -0.15) is 0 Å². The highest BCUT2D eigenvalue weighted by Gasteiger charge is 2.03. The first-order valence-electron chi connectivity index (χ1n) is 5.82. The minimum absolute atomic E-state index is 0.0548. The summed E-state index contributed by atoms with van der Waals surface area (Å²) in [4.78, 5) is 21.2. The number of carbonyl (C=O) groups is 1. The summed E-state index contributed by atoms with van der Waals surface area (Å²) >= 11 is 0. The van der Waals surface area contributed by atoms with Crippen LogP contribution in [0.15, 0.2) is 24.3 Å². The summed E-state index contributed by atoms with van der Waals surface area (Å²) in [5.74, 6) is 2.25. The Hall–Kier alpha value is -2.55. The average Bonchev–Trinajstić information content (AvgIpc) is 2.41. The predicted molar refractivity (Wildman–Crippen MR) is 72.7 cm³/mol. The van der Waals surface area contributed by atoms with E-state index in [-0.39, 0.29) is 18.1 Å². The third-order valence-electron chi connectivity index (χ3n) is 2.38. The molecular weight excluding hydrogens is 246 g/mol. The zero-order valence-corrected chi connectivity index (χ0v) is 10.4. The maximum Gasteiger partial charge on any atom is 0.269 e. The molecule has 1 aromatic carbocycles. The van der Waals surface area contributed by atoms with Gasteiger partial charge in [-0.25, -0.2) is 0 Å². The number of amides is 1. The van der Waals surface area contributed by atoms with Gasteiger partial charge in [-0.3, -0.25) is 14.9 Å². The average molecular weight is 261 g/mol. The van der Waals surface area contributed by atoms with Crippen LogP contribution in [-0.4, -0.2) is 23.9 Å². The van der Waals surface area contributed by atoms with Crippen LogP contribution in [-0.2, 0) is 4.79 Å². The minimum atomic E-state index is -0.445. The first kappa shape index (κ1) is 14.5. The predicted octanol–water partition coefficient (Wildman–Crippen LogP) is 1.54. The fourth-order valence-electron chi connectivity index (χ4n) is 1.42. The zero-order chi connectivity index (χ0) is 14.1. The van der Waals surface area contributed by atoms with Crippen molar-refractivity contribution in [2.45, 2.75) is 12.8 Å². The largest absolute Gasteiger partial charge is 0.385 e. The van der Waals surface area contributed by atoms with Crippen molar-refractivity contribution in [3.05, 3.63) is 34.4 Å². The van der Waals surface area contributed by atoms with E-state index in [2.05, 4.69) is 16.6 Å². The summed E-state index contributed by atoms with van der Waals surface area (Å²) in [6, 6.07) is 6.14. The number of rotatable bonds is 7. The molecule has 0 heterocycles. The van der Waals surface area contributed by atoms with Gasteiger partial charge in [0.2, 0.25) is 5.91 Å². The molecule has 1 rings (SSSR count). The molecule has 6 heteroatoms. The molecule has 0 radical (unpaired) electrons. The Morgan fingerprint density at radius 1 is 1.37 bits per heavy atom. The third kappa shape index (κ3) is 5.55. The molecule has 0 fully saturated rings. The van der Waals surface area contributed by atoms with Gasteiger partial charge in [-0.15, -0.1) is 6.42 Å². The number of hydrogen-bond donors (Lipinski definition) is 2. The number of terminal acetylenes is 1. The van der Waals surface area contributed by atoms with Crippen molar-refractivity contribution in [2.75, 3.05) is 18.4 Å². The van der Waals surface area contributed by atoms with Gasteiger partial charge in [0, 0.05) is 30.8 Å². The minimum Gasteiger partial charge on any atom is -0.385 e. The van der Waals surface area contributed by atoms with Crippen LogP contribution < -0.4 is 10.6 Å². The summed E-state index contributed by atoms with van der Waals surface area (Å²) in [5, 5.41) is 16.1. The van der Waals surface area contributed by atoms with Gasteiger partial charge in [0.25, 0.3) is 5.69 Å². The van der Waals surface area contributed by atoms with Crippen LogP contribution >= 0.6 is 0 Å². The van der Waals surface area contributed by atoms with Crippen molar-refractivity contribution in [3.63, 3.8) is 0 Å². The molecule has 0 aliphatic rings. The SMILES string of the molecule is C#CCNC(=O)CCCNc1ccc([N+](=O)[O-])cc1. The molecule has 0 saturated heterocycles. The lowest BCUT2D eigenvalue weighted by Crippen LogP contribution is -2.23. The van der Waals surface area contributed by atoms with E-state index in [1.807, 2.05) is 0 Å². The second-order valence-electron chi connectivity index (χ2n) is 3.82. The Morgan fingerprint density at radius 3 is 2.63 bits per heavy atom. The second-order valence-corrected chi connectivity index (χ2v) is 3.82. The Bertz CT molecular complexity index is 477. The van der Waals surface area contributed by atoms with E-state index in [1.165, 1.54) is 12.1 Å². The van der Waals surface area contributed by atoms with Crippen molar-refractivity contribution < 1.29 is 9.72 Å². The van der Waals surface area contributed by atoms with Gasteiger partial charge in [0.05, 0.1) is 11.5 Å². The summed E-state index contributed by atoms with van der Waals surface area (Å²) < 4.78 is 0. The van der Waals surface area contributed by atoms with Gasteiger partial charge < -0.3 is 10.6 Å². The quantitative estimate of drug-likeness (QED) is 0.337. The fraction of sp³-hybridized carbons (Fsp3) is 0.308. The molecule has 1 aromatic rings. The highest BCUT2D eigenvalue weighted by atomic mass is 16.6. The topological polar surface area (TPSA) is 84.3 Å². The van der Waals surface area contributed by atoms with Crippen molar-refractivity contribution in [1.82, 2.24) is 5.32 Å². The smallest absolute Gasteiger partial charge is 0.269 e. The molecule has 100 valence electrons. The van der Waals surface area contributed by atoms with Gasteiger partial charge >= 0.3 is 0 Å². The van der Waals surface area contributed by atoms with E-state index in [1.54, 1.807) is 12.1 Å². The maximum atomic E-state index is 11.2. The van der Waals surface area contributed by atoms with Crippen LogP contribution in [0, 0.1) is 22.5 Å². The molecule has 1 amide bonds. The van der Waals surface area contributed by atoms with Gasteiger partial charge in [-0.05, 0) is 18.6 Å². The third-order valence-corrected chi connectivity index (χ3v) is 2.38. The van der Waals surface area contributed by atoms with E-state index in [4.69, 9.17) is 6.42 Å². The molecule has 6 nitrogen and oxygen atoms in total. The first-order chi connectivity index (χ1) is 9.13. The van der Waals surface area contributed by atoms with Crippen LogP contribution in [0.3, 0.4) is 0 Å². The van der Waals surface area contributed by atoms with Crippen molar-refractivity contribution in [3.8, 4) is 12.3 Å². The Morgan fingerprint density at radius 2 is 2.05 bits per heavy atom. The molecule has 0 atom stereocenters. The van der Waals surface area contributed by atoms with Crippen molar-refractivity contribution >= 4 is 17.3 Å². The van der Waals surface area contributed by atoms with E-state index < -0.39 is 4.92 Å². The van der Waals surface area contributed by atoms with Crippen LogP contribution in [0.5, 0.6) is 0 Å². The van der Waals surface area contributed by atoms with Crippen molar-refractivity contribution in [1.29, 1.82) is 0 Å². The number of nitro benzene ring substituents is 1. The number of nitrogens with zero attached hydrogens (tertiary/aromatic N) is 1. The monoisotopic (exact) mass is 261 g/mol. The second kappa shape index (κ2) is 7.71. The standard InChI is InChI=1S/C13H15N3O3/c1-2-9-15-13(17)4-3-10-14-11-5-7-12(8-6-11)16(18)19/h1,5-8,14H,3-4,9-10H2,(H,15,17). The summed E-state index contributed by atoms with van der Waals surface area (Å²) in [6.45, 7) is 0.857. The van der Waals surface area contributed by atoms with Crippen LogP contribution in [0.4, 0.5) is 11.4 Å². The Balaban J connectivity index is 2.24. The molecule has 0 aliphatic carbocycles. The van der Waals surface area contributed by atoms with E-state index >= 15 is 0 Å². The molecule has 0 unspecified atom stereocenters. The summed E-state index contributed by atoms with van der Waals surface area (Å²) in [5.41, 5.74) is 0.842. The maximum absolute atomic E-state index is 11.2. The molecule has 0 saturated carbocycles. The van der Waals surface area contributed by atoms with Crippen LogP contribution in [0.1, 0.15) is 12.8 Å². The highest BCUT2D eigenvalue weighted by molar-refractivity contribution is 5.76. The zero-order valence-electron chi connectivity index (χ0n) is 10.4. The number of anilines is 1. The fourth-order valence-corrected chi connectivity index (χ4v) is 1.42. The number of hydrogen-bond acceptors (Lipinski definition) is 4. The number of carbonyl (C=O) groups excluding carboxylic acids is 1. The lowest BCUT2D eigenvalue weighted by molar-refractivity contribution is -0.384. The molecule has 19 heavy (non-hydrogen) atoms. The van der Waals surface area contributed by atoms with Crippen LogP contribution in [0.25, 0.3) is 0 Å². The number of nitrogens with one attached hydrogen (secondary N) is 2. The molecule has 2 N–H and O–H groups in total. The Kier molecular flexibility index (Phi) is 5.89. The number of benzene rings is 1. The Labute approximate surface area is 111 Å². The highest BCUT2D eigenvalue weighted by Crippen LogP contribution is 2.15. The number of non-ortho nitro benzene ring substituents is 1. The van der Waals surface area contributed by atoms with Crippen LogP contribution in [0.2, 0.25) is 0 Å². The van der Waals surface area contributed by atoms with E-state index in [9.17, 15) is 14.9 Å². The van der Waals surface area contributed by atoms with Crippen molar-refractivity contribution in [2.24, 2.45) is 0 Å². The summed E-state index contributed by atoms with van der Waals surface area (Å²) in [6.07, 6.45) is 6.07. The molecule has 0 aromatic heterocycles.